The van der Waals surface area contributed by atoms with Crippen molar-refractivity contribution in [1.82, 2.24) is 20.4 Å². The van der Waals surface area contributed by atoms with Gasteiger partial charge in [-0.1, -0.05) is 19.0 Å². The first-order chi connectivity index (χ1) is 11.4. The van der Waals surface area contributed by atoms with Gasteiger partial charge in [-0.25, -0.2) is 4.79 Å². The van der Waals surface area contributed by atoms with Gasteiger partial charge in [0.2, 0.25) is 5.89 Å². The van der Waals surface area contributed by atoms with E-state index in [4.69, 9.17) is 9.26 Å². The van der Waals surface area contributed by atoms with Crippen molar-refractivity contribution in [1.29, 1.82) is 0 Å². The van der Waals surface area contributed by atoms with Crippen LogP contribution in [0.25, 0.3) is 0 Å². The number of piperidine rings is 1. The molecule has 25 heavy (non-hydrogen) atoms. The number of hydrogen-bond acceptors (Lipinski definition) is 6. The van der Waals surface area contributed by atoms with E-state index < -0.39 is 17.2 Å². The highest BCUT2D eigenvalue weighted by Crippen LogP contribution is 2.23. The number of amides is 1. The van der Waals surface area contributed by atoms with E-state index in [1.807, 2.05) is 34.6 Å². The van der Waals surface area contributed by atoms with E-state index in [1.54, 1.807) is 0 Å². The molecule has 0 bridgehead atoms. The number of carbonyl (C=O) groups excluding carboxylic acids is 1. The molecule has 142 valence electrons. The summed E-state index contributed by atoms with van der Waals surface area (Å²) in [5, 5.41) is 6.86. The van der Waals surface area contributed by atoms with Crippen molar-refractivity contribution in [3.63, 3.8) is 0 Å². The highest BCUT2D eigenvalue weighted by atomic mass is 16.6. The Bertz CT molecular complexity index is 581. The molecule has 2 heterocycles. The summed E-state index contributed by atoms with van der Waals surface area (Å²) in [6.45, 7) is 16.4. The van der Waals surface area contributed by atoms with E-state index in [0.29, 0.717) is 30.1 Å². The van der Waals surface area contributed by atoms with Gasteiger partial charge in [-0.2, -0.15) is 4.98 Å². The number of likely N-dealkylation sites (tertiary alicyclic amines) is 1. The zero-order valence-corrected chi connectivity index (χ0v) is 16.5. The summed E-state index contributed by atoms with van der Waals surface area (Å²) in [7, 11) is 0. The summed E-state index contributed by atoms with van der Waals surface area (Å²) in [5.41, 5.74) is -1.32. The molecule has 7 heteroatoms. The van der Waals surface area contributed by atoms with Gasteiger partial charge in [-0.15, -0.1) is 0 Å². The Morgan fingerprint density at radius 1 is 1.24 bits per heavy atom. The van der Waals surface area contributed by atoms with Gasteiger partial charge in [0.05, 0.1) is 6.54 Å². The minimum atomic E-state index is -0.771. The minimum Gasteiger partial charge on any atom is -0.444 e. The van der Waals surface area contributed by atoms with Crippen LogP contribution < -0.4 is 5.32 Å². The van der Waals surface area contributed by atoms with E-state index in [1.165, 1.54) is 6.42 Å². The topological polar surface area (TPSA) is 80.5 Å². The molecule has 0 spiro atoms. The van der Waals surface area contributed by atoms with Crippen LogP contribution in [0.1, 0.15) is 66.6 Å². The minimum absolute atomic E-state index is 0.450. The molecule has 0 saturated carbocycles. The van der Waals surface area contributed by atoms with Crippen molar-refractivity contribution >= 4 is 6.09 Å². The summed E-state index contributed by atoms with van der Waals surface area (Å²) in [6.07, 6.45) is 0.765. The van der Waals surface area contributed by atoms with Gasteiger partial charge in [0.25, 0.3) is 0 Å². The van der Waals surface area contributed by atoms with E-state index in [2.05, 4.69) is 34.2 Å². The lowest BCUT2D eigenvalue weighted by atomic mass is 9.92. The standard InChI is InChI=1S/C18H32N4O3/c1-12-8-13(2)10-22(9-12)11-14-19-15(21-25-14)18(6,7)20-16(23)24-17(3,4)5/h12-13H,8-11H2,1-7H3,(H,20,23). The number of rotatable bonds is 4. The highest BCUT2D eigenvalue weighted by molar-refractivity contribution is 5.68. The summed E-state index contributed by atoms with van der Waals surface area (Å²) in [5.74, 6) is 2.38. The highest BCUT2D eigenvalue weighted by Gasteiger charge is 2.31. The van der Waals surface area contributed by atoms with Crippen molar-refractivity contribution in [3.8, 4) is 0 Å². The first-order valence-electron chi connectivity index (χ1n) is 9.01. The fraction of sp³-hybridized carbons (Fsp3) is 0.833. The van der Waals surface area contributed by atoms with Crippen LogP contribution in [0.15, 0.2) is 4.52 Å². The number of nitrogens with one attached hydrogen (secondary N) is 1. The Morgan fingerprint density at radius 3 is 2.40 bits per heavy atom. The molecule has 1 saturated heterocycles. The maximum absolute atomic E-state index is 12.0. The molecule has 7 nitrogen and oxygen atoms in total. The van der Waals surface area contributed by atoms with Crippen molar-refractivity contribution in [3.05, 3.63) is 11.7 Å². The monoisotopic (exact) mass is 352 g/mol. The zero-order valence-electron chi connectivity index (χ0n) is 16.5. The molecule has 2 rings (SSSR count). The van der Waals surface area contributed by atoms with E-state index in [-0.39, 0.29) is 0 Å². The third-order valence-electron chi connectivity index (χ3n) is 4.14. The fourth-order valence-corrected chi connectivity index (χ4v) is 3.30. The Balaban J connectivity index is 1.98. The van der Waals surface area contributed by atoms with Gasteiger partial charge in [0.15, 0.2) is 5.82 Å². The molecule has 1 aromatic heterocycles. The third-order valence-corrected chi connectivity index (χ3v) is 4.14. The first-order valence-corrected chi connectivity index (χ1v) is 9.01. The van der Waals surface area contributed by atoms with Crippen LogP contribution in [0.3, 0.4) is 0 Å². The number of carbonyl (C=O) groups is 1. The van der Waals surface area contributed by atoms with Crippen LogP contribution in [0.2, 0.25) is 0 Å². The smallest absolute Gasteiger partial charge is 0.408 e. The number of ether oxygens (including phenoxy) is 1. The molecule has 0 radical (unpaired) electrons. The average molecular weight is 352 g/mol. The maximum Gasteiger partial charge on any atom is 0.408 e. The van der Waals surface area contributed by atoms with Crippen LogP contribution in [-0.4, -0.2) is 39.8 Å². The molecule has 1 aliphatic rings. The summed E-state index contributed by atoms with van der Waals surface area (Å²) >= 11 is 0. The van der Waals surface area contributed by atoms with E-state index in [9.17, 15) is 4.79 Å². The molecule has 0 aliphatic carbocycles. The molecule has 1 aliphatic heterocycles. The van der Waals surface area contributed by atoms with Crippen LogP contribution in [0, 0.1) is 11.8 Å². The van der Waals surface area contributed by atoms with Crippen LogP contribution in [0.5, 0.6) is 0 Å². The number of aromatic nitrogens is 2. The van der Waals surface area contributed by atoms with Gasteiger partial charge < -0.3 is 14.6 Å². The van der Waals surface area contributed by atoms with Crippen LogP contribution >= 0.6 is 0 Å². The molecule has 0 aromatic carbocycles. The van der Waals surface area contributed by atoms with Gasteiger partial charge in [0, 0.05) is 13.1 Å². The summed E-state index contributed by atoms with van der Waals surface area (Å²) < 4.78 is 10.7. The molecule has 1 fully saturated rings. The molecule has 1 aromatic rings. The predicted octanol–water partition coefficient (Wildman–Crippen LogP) is 3.31. The van der Waals surface area contributed by atoms with Crippen molar-refractivity contribution < 1.29 is 14.1 Å². The molecular formula is C18H32N4O3. The number of hydrogen-bond donors (Lipinski definition) is 1. The second kappa shape index (κ2) is 7.32. The maximum atomic E-state index is 12.0. The number of nitrogens with zero attached hydrogens (tertiary/aromatic N) is 3. The largest absolute Gasteiger partial charge is 0.444 e. The van der Waals surface area contributed by atoms with Crippen molar-refractivity contribution in [2.24, 2.45) is 11.8 Å². The Morgan fingerprint density at radius 2 is 1.84 bits per heavy atom. The molecular weight excluding hydrogens is 320 g/mol. The molecule has 1 amide bonds. The Labute approximate surface area is 150 Å². The van der Waals surface area contributed by atoms with E-state index >= 15 is 0 Å². The fourth-order valence-electron chi connectivity index (χ4n) is 3.30. The van der Waals surface area contributed by atoms with Crippen molar-refractivity contribution in [2.75, 3.05) is 13.1 Å². The quantitative estimate of drug-likeness (QED) is 0.895. The normalized spacial score (nSPS) is 22.7. The van der Waals surface area contributed by atoms with Crippen LogP contribution in [-0.2, 0) is 16.8 Å². The lowest BCUT2D eigenvalue weighted by Crippen LogP contribution is -2.44. The Hall–Kier alpha value is -1.63. The molecule has 2 unspecified atom stereocenters. The first kappa shape index (κ1) is 19.7. The average Bonchev–Trinajstić information content (AvgIpc) is 2.83. The second-order valence-corrected chi connectivity index (χ2v) is 8.90. The van der Waals surface area contributed by atoms with Gasteiger partial charge >= 0.3 is 6.09 Å². The summed E-state index contributed by atoms with van der Waals surface area (Å²) in [6, 6.07) is 0. The summed E-state index contributed by atoms with van der Waals surface area (Å²) in [4.78, 5) is 18.9. The van der Waals surface area contributed by atoms with E-state index in [0.717, 1.165) is 13.1 Å². The Kier molecular flexibility index (Phi) is 5.76. The molecule has 2 atom stereocenters. The van der Waals surface area contributed by atoms with Gasteiger partial charge in [-0.05, 0) is 52.9 Å². The third kappa shape index (κ3) is 5.99. The number of alkyl carbamates (subject to hydrolysis) is 1. The van der Waals surface area contributed by atoms with Gasteiger partial charge in [0.1, 0.15) is 11.1 Å². The lowest BCUT2D eigenvalue weighted by molar-refractivity contribution is 0.0465. The SMILES string of the molecule is CC1CC(C)CN(Cc2nc(C(C)(C)NC(=O)OC(C)(C)C)no2)C1. The van der Waals surface area contributed by atoms with Crippen molar-refractivity contribution in [2.45, 2.75) is 72.6 Å². The zero-order chi connectivity index (χ0) is 18.8. The molecule has 1 N–H and O–H groups in total. The lowest BCUT2D eigenvalue weighted by Gasteiger charge is -2.33. The van der Waals surface area contributed by atoms with Crippen LogP contribution in [0.4, 0.5) is 4.79 Å². The second-order valence-electron chi connectivity index (χ2n) is 8.90. The van der Waals surface area contributed by atoms with Gasteiger partial charge in [-0.3, -0.25) is 4.90 Å². The predicted molar refractivity (Wildman–Crippen MR) is 94.9 cm³/mol.